The van der Waals surface area contributed by atoms with Crippen molar-refractivity contribution in [2.45, 2.75) is 24.9 Å². The number of nitrogens with one attached hydrogen (secondary N) is 1. The van der Waals surface area contributed by atoms with Crippen molar-refractivity contribution >= 4 is 28.8 Å². The Labute approximate surface area is 186 Å². The number of rotatable bonds is 4. The van der Waals surface area contributed by atoms with Gasteiger partial charge in [0, 0.05) is 24.7 Å². The number of anilines is 1. The lowest BCUT2D eigenvalue weighted by Crippen LogP contribution is -2.38. The Bertz CT molecular complexity index is 1110. The van der Waals surface area contributed by atoms with Gasteiger partial charge >= 0.3 is 6.18 Å². The summed E-state index contributed by atoms with van der Waals surface area (Å²) < 4.78 is 39.7. The lowest BCUT2D eigenvalue weighted by molar-refractivity contribution is -0.138. The lowest BCUT2D eigenvalue weighted by Gasteiger charge is -2.31. The van der Waals surface area contributed by atoms with Crippen LogP contribution in [0.5, 0.6) is 0 Å². The number of aromatic nitrogens is 2. The molecule has 1 aliphatic heterocycles. The molecule has 1 aromatic heterocycles. The Morgan fingerprint density at radius 3 is 2.31 bits per heavy atom. The van der Waals surface area contributed by atoms with Crippen LogP contribution in [0, 0.1) is 0 Å². The maximum absolute atomic E-state index is 13.2. The molecule has 2 heterocycles. The molecule has 1 fully saturated rings. The number of piperidine rings is 1. The molecule has 3 aromatic rings. The summed E-state index contributed by atoms with van der Waals surface area (Å²) >= 11 is 1.19. The standard InChI is InChI=1S/C22H19F3N4O2S/c23-22(24,25)17-9-5-4-8-16(17)21(31)29-12-10-14(11-13-29)19-27-28-20(32-19)18(30)26-15-6-2-1-3-7-15/h1-9,14H,10-13H2,(H,26,30). The number of hydrogen-bond donors (Lipinski definition) is 1. The molecule has 2 amide bonds. The van der Waals surface area contributed by atoms with Crippen molar-refractivity contribution in [3.63, 3.8) is 0 Å². The molecule has 0 atom stereocenters. The molecule has 2 aromatic carbocycles. The first-order valence-electron chi connectivity index (χ1n) is 9.98. The molecule has 166 valence electrons. The third-order valence-electron chi connectivity index (χ3n) is 5.26. The number of carbonyl (C=O) groups is 2. The van der Waals surface area contributed by atoms with E-state index in [0.717, 1.165) is 6.07 Å². The molecule has 32 heavy (non-hydrogen) atoms. The van der Waals surface area contributed by atoms with Crippen LogP contribution in [0.1, 0.15) is 49.5 Å². The quantitative estimate of drug-likeness (QED) is 0.605. The Kier molecular flexibility index (Phi) is 6.22. The number of likely N-dealkylation sites (tertiary alicyclic amines) is 1. The number of hydrogen-bond acceptors (Lipinski definition) is 5. The Morgan fingerprint density at radius 1 is 0.969 bits per heavy atom. The van der Waals surface area contributed by atoms with Crippen LogP contribution in [0.25, 0.3) is 0 Å². The largest absolute Gasteiger partial charge is 0.417 e. The predicted molar refractivity (Wildman–Crippen MR) is 114 cm³/mol. The number of benzene rings is 2. The zero-order valence-electron chi connectivity index (χ0n) is 16.8. The topological polar surface area (TPSA) is 75.2 Å². The zero-order valence-corrected chi connectivity index (χ0v) is 17.6. The summed E-state index contributed by atoms with van der Waals surface area (Å²) in [5.74, 6) is -0.986. The van der Waals surface area contributed by atoms with Crippen LogP contribution in [0.3, 0.4) is 0 Å². The Balaban J connectivity index is 1.39. The van der Waals surface area contributed by atoms with Gasteiger partial charge in [-0.2, -0.15) is 13.2 Å². The molecule has 4 rings (SSSR count). The lowest BCUT2D eigenvalue weighted by atomic mass is 9.96. The maximum atomic E-state index is 13.2. The molecule has 6 nitrogen and oxygen atoms in total. The van der Waals surface area contributed by atoms with Gasteiger partial charge in [0.2, 0.25) is 5.01 Å². The minimum Gasteiger partial charge on any atom is -0.339 e. The molecule has 0 spiro atoms. The summed E-state index contributed by atoms with van der Waals surface area (Å²) in [7, 11) is 0. The highest BCUT2D eigenvalue weighted by Crippen LogP contribution is 2.34. The van der Waals surface area contributed by atoms with Gasteiger partial charge in [0.25, 0.3) is 11.8 Å². The first kappa shape index (κ1) is 21.9. The Morgan fingerprint density at radius 2 is 1.62 bits per heavy atom. The minimum absolute atomic E-state index is 0.00677. The van der Waals surface area contributed by atoms with Gasteiger partial charge in [-0.05, 0) is 37.1 Å². The predicted octanol–water partition coefficient (Wildman–Crippen LogP) is 4.83. The molecule has 1 aliphatic rings. The third kappa shape index (κ3) is 4.80. The highest BCUT2D eigenvalue weighted by Gasteiger charge is 2.36. The van der Waals surface area contributed by atoms with E-state index in [-0.39, 0.29) is 22.4 Å². The SMILES string of the molecule is O=C(Nc1ccccc1)c1nnc(C2CCN(C(=O)c3ccccc3C(F)(F)F)CC2)s1. The molecule has 0 radical (unpaired) electrons. The van der Waals surface area contributed by atoms with Crippen LogP contribution < -0.4 is 5.32 Å². The van der Waals surface area contributed by atoms with E-state index in [4.69, 9.17) is 0 Å². The van der Waals surface area contributed by atoms with Crippen molar-refractivity contribution in [1.82, 2.24) is 15.1 Å². The van der Waals surface area contributed by atoms with E-state index in [1.165, 1.54) is 34.4 Å². The fraction of sp³-hybridized carbons (Fsp3) is 0.273. The zero-order chi connectivity index (χ0) is 22.7. The fourth-order valence-electron chi connectivity index (χ4n) is 3.61. The van der Waals surface area contributed by atoms with Crippen molar-refractivity contribution in [3.05, 3.63) is 75.7 Å². The molecular weight excluding hydrogens is 441 g/mol. The molecular formula is C22H19F3N4O2S. The Hall–Kier alpha value is -3.27. The second-order valence-corrected chi connectivity index (χ2v) is 8.38. The number of carbonyl (C=O) groups excluding carboxylic acids is 2. The number of amides is 2. The number of para-hydroxylation sites is 1. The first-order chi connectivity index (χ1) is 15.3. The van der Waals surface area contributed by atoms with Crippen molar-refractivity contribution < 1.29 is 22.8 Å². The van der Waals surface area contributed by atoms with Gasteiger partial charge in [-0.15, -0.1) is 10.2 Å². The number of halogens is 3. The van der Waals surface area contributed by atoms with Crippen molar-refractivity contribution in [3.8, 4) is 0 Å². The third-order valence-corrected chi connectivity index (χ3v) is 6.35. The van der Waals surface area contributed by atoms with Crippen LogP contribution in [-0.4, -0.2) is 40.0 Å². The van der Waals surface area contributed by atoms with Crippen LogP contribution in [-0.2, 0) is 6.18 Å². The van der Waals surface area contributed by atoms with E-state index in [9.17, 15) is 22.8 Å². The van der Waals surface area contributed by atoms with Crippen molar-refractivity contribution in [1.29, 1.82) is 0 Å². The van der Waals surface area contributed by atoms with E-state index in [0.29, 0.717) is 36.6 Å². The smallest absolute Gasteiger partial charge is 0.339 e. The molecule has 1 N–H and O–H groups in total. The molecule has 0 unspecified atom stereocenters. The first-order valence-corrected chi connectivity index (χ1v) is 10.8. The maximum Gasteiger partial charge on any atom is 0.417 e. The van der Waals surface area contributed by atoms with E-state index in [2.05, 4.69) is 15.5 Å². The van der Waals surface area contributed by atoms with E-state index < -0.39 is 17.6 Å². The summed E-state index contributed by atoms with van der Waals surface area (Å²) in [6.45, 7) is 0.613. The van der Waals surface area contributed by atoms with Gasteiger partial charge in [0.1, 0.15) is 5.01 Å². The summed E-state index contributed by atoms with van der Waals surface area (Å²) in [6, 6.07) is 13.8. The highest BCUT2D eigenvalue weighted by atomic mass is 32.1. The highest BCUT2D eigenvalue weighted by molar-refractivity contribution is 7.13. The second-order valence-electron chi connectivity index (χ2n) is 7.38. The van der Waals surface area contributed by atoms with Gasteiger partial charge in [0.15, 0.2) is 0 Å². The molecule has 0 bridgehead atoms. The van der Waals surface area contributed by atoms with Crippen molar-refractivity contribution in [2.24, 2.45) is 0 Å². The summed E-state index contributed by atoms with van der Waals surface area (Å²) in [5.41, 5.74) is -0.611. The van der Waals surface area contributed by atoms with Gasteiger partial charge in [0.05, 0.1) is 11.1 Å². The van der Waals surface area contributed by atoms with Crippen LogP contribution in [0.4, 0.5) is 18.9 Å². The van der Waals surface area contributed by atoms with Gasteiger partial charge < -0.3 is 10.2 Å². The second kappa shape index (κ2) is 9.07. The summed E-state index contributed by atoms with van der Waals surface area (Å²) in [5, 5.41) is 11.8. The number of nitrogens with zero attached hydrogens (tertiary/aromatic N) is 3. The molecule has 10 heteroatoms. The summed E-state index contributed by atoms with van der Waals surface area (Å²) in [4.78, 5) is 26.5. The molecule has 0 saturated carbocycles. The van der Waals surface area contributed by atoms with Gasteiger partial charge in [-0.1, -0.05) is 41.7 Å². The van der Waals surface area contributed by atoms with Crippen LogP contribution in [0.2, 0.25) is 0 Å². The monoisotopic (exact) mass is 460 g/mol. The molecule has 0 aliphatic carbocycles. The minimum atomic E-state index is -4.59. The van der Waals surface area contributed by atoms with Crippen molar-refractivity contribution in [2.75, 3.05) is 18.4 Å². The average Bonchev–Trinajstić information content (AvgIpc) is 3.29. The van der Waals surface area contributed by atoms with Crippen LogP contribution in [0.15, 0.2) is 54.6 Å². The molecule has 1 saturated heterocycles. The fourth-order valence-corrected chi connectivity index (χ4v) is 4.52. The van der Waals surface area contributed by atoms with Gasteiger partial charge in [-0.25, -0.2) is 0 Å². The van der Waals surface area contributed by atoms with Gasteiger partial charge in [-0.3, -0.25) is 9.59 Å². The van der Waals surface area contributed by atoms with E-state index in [1.807, 2.05) is 18.2 Å². The average molecular weight is 460 g/mol. The summed E-state index contributed by atoms with van der Waals surface area (Å²) in [6.07, 6.45) is -3.52. The van der Waals surface area contributed by atoms with E-state index >= 15 is 0 Å². The van der Waals surface area contributed by atoms with Crippen LogP contribution >= 0.6 is 11.3 Å². The normalized spacial score (nSPS) is 14.9. The van der Waals surface area contributed by atoms with E-state index in [1.54, 1.807) is 12.1 Å². The number of alkyl halides is 3.